The molecule has 0 saturated heterocycles. The summed E-state index contributed by atoms with van der Waals surface area (Å²) < 4.78 is 14.0. The zero-order chi connectivity index (χ0) is 18.4. The number of carbonyl (C=O) groups excluding carboxylic acids is 2. The number of nitrogens with one attached hydrogen (secondary N) is 3. The summed E-state index contributed by atoms with van der Waals surface area (Å²) in [6, 6.07) is 7.99. The standard InChI is InChI=1S/C17H16BrClFN3O2/c1-2-5-21-16(24)14-4-3-10(18)6-15(14)23-17(25)22-13-8-11(19)7-12(20)9-13/h3-4,6-9H,2,5H2,1H3,(H,21,24)(H2,22,23,25). The smallest absolute Gasteiger partial charge is 0.323 e. The van der Waals surface area contributed by atoms with E-state index < -0.39 is 11.8 Å². The summed E-state index contributed by atoms with van der Waals surface area (Å²) in [5, 5.41) is 7.99. The van der Waals surface area contributed by atoms with Crippen molar-refractivity contribution in [1.29, 1.82) is 0 Å². The SMILES string of the molecule is CCCNC(=O)c1ccc(Br)cc1NC(=O)Nc1cc(F)cc(Cl)c1. The number of hydrogen-bond donors (Lipinski definition) is 3. The molecule has 0 aromatic heterocycles. The topological polar surface area (TPSA) is 70.2 Å². The molecule has 2 aromatic carbocycles. The predicted molar refractivity (Wildman–Crippen MR) is 101 cm³/mol. The van der Waals surface area contributed by atoms with Gasteiger partial charge in [-0.15, -0.1) is 0 Å². The summed E-state index contributed by atoms with van der Waals surface area (Å²) in [6.45, 7) is 2.47. The van der Waals surface area contributed by atoms with Crippen molar-refractivity contribution in [3.8, 4) is 0 Å². The van der Waals surface area contributed by atoms with Crippen LogP contribution in [0.15, 0.2) is 40.9 Å². The maximum atomic E-state index is 13.3. The van der Waals surface area contributed by atoms with Gasteiger partial charge in [0, 0.05) is 21.7 Å². The number of benzene rings is 2. The highest BCUT2D eigenvalue weighted by Gasteiger charge is 2.14. The van der Waals surface area contributed by atoms with Gasteiger partial charge >= 0.3 is 6.03 Å². The number of carbonyl (C=O) groups is 2. The lowest BCUT2D eigenvalue weighted by Crippen LogP contribution is -2.27. The second-order valence-electron chi connectivity index (χ2n) is 5.18. The number of hydrogen-bond acceptors (Lipinski definition) is 2. The third-order valence-corrected chi connectivity index (χ3v) is 3.84. The highest BCUT2D eigenvalue weighted by atomic mass is 79.9. The molecule has 0 saturated carbocycles. The Morgan fingerprint density at radius 3 is 2.60 bits per heavy atom. The van der Waals surface area contributed by atoms with Crippen molar-refractivity contribution < 1.29 is 14.0 Å². The van der Waals surface area contributed by atoms with Crippen LogP contribution in [0.3, 0.4) is 0 Å². The Morgan fingerprint density at radius 1 is 1.16 bits per heavy atom. The molecule has 0 spiro atoms. The summed E-state index contributed by atoms with van der Waals surface area (Å²) in [4.78, 5) is 24.4. The van der Waals surface area contributed by atoms with E-state index in [1.165, 1.54) is 6.07 Å². The number of amides is 3. The number of halogens is 3. The normalized spacial score (nSPS) is 10.2. The van der Waals surface area contributed by atoms with Crippen molar-refractivity contribution >= 4 is 50.8 Å². The summed E-state index contributed by atoms with van der Waals surface area (Å²) in [5.74, 6) is -0.858. The molecule has 3 N–H and O–H groups in total. The molecule has 3 amide bonds. The third kappa shape index (κ3) is 5.72. The van der Waals surface area contributed by atoms with Crippen molar-refractivity contribution in [3.05, 3.63) is 57.3 Å². The van der Waals surface area contributed by atoms with Crippen LogP contribution in [0.5, 0.6) is 0 Å². The summed E-state index contributed by atoms with van der Waals surface area (Å²) in [5.41, 5.74) is 0.849. The lowest BCUT2D eigenvalue weighted by molar-refractivity contribution is 0.0954. The molecule has 0 aliphatic rings. The van der Waals surface area contributed by atoms with Gasteiger partial charge in [0.1, 0.15) is 5.82 Å². The second kappa shape index (κ2) is 8.82. The molecule has 0 aliphatic carbocycles. The largest absolute Gasteiger partial charge is 0.352 e. The Balaban J connectivity index is 2.16. The van der Waals surface area contributed by atoms with Crippen LogP contribution in [-0.2, 0) is 0 Å². The van der Waals surface area contributed by atoms with Crippen LogP contribution in [0.4, 0.5) is 20.6 Å². The van der Waals surface area contributed by atoms with Gasteiger partial charge in [0.15, 0.2) is 0 Å². The van der Waals surface area contributed by atoms with Crippen LogP contribution in [0.1, 0.15) is 23.7 Å². The minimum absolute atomic E-state index is 0.164. The molecular formula is C17H16BrClFN3O2. The Labute approximate surface area is 158 Å². The molecule has 0 fully saturated rings. The molecule has 2 aromatic rings. The van der Waals surface area contributed by atoms with E-state index in [0.717, 1.165) is 18.6 Å². The first-order valence-electron chi connectivity index (χ1n) is 7.51. The lowest BCUT2D eigenvalue weighted by atomic mass is 10.1. The first kappa shape index (κ1) is 19.2. The van der Waals surface area contributed by atoms with E-state index in [9.17, 15) is 14.0 Å². The Morgan fingerprint density at radius 2 is 1.92 bits per heavy atom. The van der Waals surface area contributed by atoms with E-state index in [1.54, 1.807) is 18.2 Å². The number of anilines is 2. The van der Waals surface area contributed by atoms with Crippen molar-refractivity contribution in [1.82, 2.24) is 5.32 Å². The van der Waals surface area contributed by atoms with E-state index in [2.05, 4.69) is 31.9 Å². The van der Waals surface area contributed by atoms with E-state index in [1.807, 2.05) is 6.92 Å². The van der Waals surface area contributed by atoms with E-state index in [0.29, 0.717) is 22.3 Å². The van der Waals surface area contributed by atoms with Crippen LogP contribution in [0, 0.1) is 5.82 Å². The highest BCUT2D eigenvalue weighted by Crippen LogP contribution is 2.23. The monoisotopic (exact) mass is 427 g/mol. The average molecular weight is 429 g/mol. The van der Waals surface area contributed by atoms with Crippen molar-refractivity contribution in [2.45, 2.75) is 13.3 Å². The minimum atomic E-state index is -0.621. The average Bonchev–Trinajstić information content (AvgIpc) is 2.51. The van der Waals surface area contributed by atoms with Crippen LogP contribution < -0.4 is 16.0 Å². The first-order chi connectivity index (χ1) is 11.9. The molecule has 0 bridgehead atoms. The zero-order valence-electron chi connectivity index (χ0n) is 13.3. The molecule has 2 rings (SSSR count). The fourth-order valence-electron chi connectivity index (χ4n) is 2.06. The van der Waals surface area contributed by atoms with Crippen LogP contribution >= 0.6 is 27.5 Å². The molecule has 0 atom stereocenters. The predicted octanol–water partition coefficient (Wildman–Crippen LogP) is 5.03. The van der Waals surface area contributed by atoms with Gasteiger partial charge < -0.3 is 16.0 Å². The van der Waals surface area contributed by atoms with Crippen molar-refractivity contribution in [2.75, 3.05) is 17.2 Å². The summed E-state index contributed by atoms with van der Waals surface area (Å²) in [7, 11) is 0. The molecule has 5 nitrogen and oxygen atoms in total. The molecule has 0 radical (unpaired) electrons. The van der Waals surface area contributed by atoms with E-state index in [-0.39, 0.29) is 16.6 Å². The van der Waals surface area contributed by atoms with Crippen molar-refractivity contribution in [2.24, 2.45) is 0 Å². The summed E-state index contributed by atoms with van der Waals surface area (Å²) in [6.07, 6.45) is 0.797. The molecule has 25 heavy (non-hydrogen) atoms. The Hall–Kier alpha value is -2.12. The second-order valence-corrected chi connectivity index (χ2v) is 6.54. The molecule has 0 unspecified atom stereocenters. The van der Waals surface area contributed by atoms with Gasteiger partial charge in [-0.2, -0.15) is 0 Å². The molecule has 0 heterocycles. The molecular weight excluding hydrogens is 413 g/mol. The molecule has 8 heteroatoms. The number of urea groups is 1. The van der Waals surface area contributed by atoms with Crippen LogP contribution in [0.25, 0.3) is 0 Å². The Kier molecular flexibility index (Phi) is 6.78. The maximum absolute atomic E-state index is 13.3. The summed E-state index contributed by atoms with van der Waals surface area (Å²) >= 11 is 9.06. The van der Waals surface area contributed by atoms with Crippen LogP contribution in [-0.4, -0.2) is 18.5 Å². The van der Waals surface area contributed by atoms with Gasteiger partial charge in [0.2, 0.25) is 0 Å². The Bertz CT molecular complexity index is 781. The van der Waals surface area contributed by atoms with Crippen LogP contribution in [0.2, 0.25) is 5.02 Å². The quantitative estimate of drug-likeness (QED) is 0.625. The fourth-order valence-corrected chi connectivity index (χ4v) is 2.65. The van der Waals surface area contributed by atoms with Gasteiger partial charge in [0.25, 0.3) is 5.91 Å². The van der Waals surface area contributed by atoms with Crippen molar-refractivity contribution in [3.63, 3.8) is 0 Å². The van der Waals surface area contributed by atoms with E-state index in [4.69, 9.17) is 11.6 Å². The fraction of sp³-hybridized carbons (Fsp3) is 0.176. The molecule has 132 valence electrons. The zero-order valence-corrected chi connectivity index (χ0v) is 15.7. The minimum Gasteiger partial charge on any atom is -0.352 e. The van der Waals surface area contributed by atoms with Gasteiger partial charge in [-0.25, -0.2) is 9.18 Å². The van der Waals surface area contributed by atoms with Gasteiger partial charge in [0.05, 0.1) is 11.3 Å². The first-order valence-corrected chi connectivity index (χ1v) is 8.68. The third-order valence-electron chi connectivity index (χ3n) is 3.13. The molecule has 0 aliphatic heterocycles. The number of rotatable bonds is 5. The lowest BCUT2D eigenvalue weighted by Gasteiger charge is -2.13. The van der Waals surface area contributed by atoms with E-state index >= 15 is 0 Å². The van der Waals surface area contributed by atoms with Gasteiger partial charge in [-0.1, -0.05) is 34.5 Å². The highest BCUT2D eigenvalue weighted by molar-refractivity contribution is 9.10. The van der Waals surface area contributed by atoms with Gasteiger partial charge in [-0.3, -0.25) is 4.79 Å². The maximum Gasteiger partial charge on any atom is 0.323 e. The van der Waals surface area contributed by atoms with Gasteiger partial charge in [-0.05, 0) is 42.8 Å².